The van der Waals surface area contributed by atoms with E-state index in [1.165, 1.54) is 4.90 Å². The molecular weight excluding hydrogens is 280 g/mol. The van der Waals surface area contributed by atoms with Gasteiger partial charge in [0.1, 0.15) is 17.5 Å². The fourth-order valence-electron chi connectivity index (χ4n) is 2.44. The Morgan fingerprint density at radius 3 is 2.29 bits per heavy atom. The number of oxime groups is 1. The molecule has 0 spiro atoms. The largest absolute Gasteiger partial charge is 0.409 e. The number of nitrogens with two attached hydrogens (primary N) is 1. The monoisotopic (exact) mass is 297 g/mol. The van der Waals surface area contributed by atoms with Crippen molar-refractivity contribution < 1.29 is 18.8 Å². The van der Waals surface area contributed by atoms with E-state index < -0.39 is 23.0 Å². The highest BCUT2D eigenvalue weighted by Crippen LogP contribution is 2.31. The summed E-state index contributed by atoms with van der Waals surface area (Å²) in [4.78, 5) is 13.8. The molecule has 2 rings (SSSR count). The third kappa shape index (κ3) is 3.12. The molecule has 0 radical (unpaired) electrons. The molecular formula is C14H17F2N3O2. The predicted molar refractivity (Wildman–Crippen MR) is 73.0 cm³/mol. The molecule has 0 atom stereocenters. The number of carbonyl (C=O) groups is 1. The first kappa shape index (κ1) is 15.2. The number of likely N-dealkylation sites (tertiary alicyclic amines) is 1. The van der Waals surface area contributed by atoms with Gasteiger partial charge < -0.3 is 15.8 Å². The molecule has 7 heteroatoms. The number of amides is 1. The Morgan fingerprint density at radius 2 is 1.81 bits per heavy atom. The normalized spacial score (nSPS) is 18.6. The third-order valence-electron chi connectivity index (χ3n) is 3.99. The Labute approximate surface area is 121 Å². The summed E-state index contributed by atoms with van der Waals surface area (Å²) >= 11 is 0. The van der Waals surface area contributed by atoms with Gasteiger partial charge in [-0.3, -0.25) is 4.79 Å². The second-order valence-corrected chi connectivity index (χ2v) is 5.50. The van der Waals surface area contributed by atoms with E-state index in [0.29, 0.717) is 25.9 Å². The lowest BCUT2D eigenvalue weighted by Gasteiger charge is -2.38. The Morgan fingerprint density at radius 1 is 1.29 bits per heavy atom. The van der Waals surface area contributed by atoms with Gasteiger partial charge in [0, 0.05) is 30.1 Å². The summed E-state index contributed by atoms with van der Waals surface area (Å²) in [7, 11) is 0. The molecule has 1 heterocycles. The van der Waals surface area contributed by atoms with Gasteiger partial charge >= 0.3 is 0 Å². The zero-order valence-electron chi connectivity index (χ0n) is 11.6. The van der Waals surface area contributed by atoms with Gasteiger partial charge in [0.15, 0.2) is 0 Å². The summed E-state index contributed by atoms with van der Waals surface area (Å²) < 4.78 is 26.3. The molecule has 1 aliphatic rings. The van der Waals surface area contributed by atoms with Crippen molar-refractivity contribution in [3.63, 3.8) is 0 Å². The van der Waals surface area contributed by atoms with Crippen LogP contribution in [0.5, 0.6) is 0 Å². The molecule has 21 heavy (non-hydrogen) atoms. The van der Waals surface area contributed by atoms with Crippen LogP contribution in [0.3, 0.4) is 0 Å². The summed E-state index contributed by atoms with van der Waals surface area (Å²) in [5, 5.41) is 11.8. The average Bonchev–Trinajstić information content (AvgIpc) is 2.45. The molecule has 0 saturated carbocycles. The van der Waals surface area contributed by atoms with E-state index in [0.717, 1.165) is 18.2 Å². The maximum absolute atomic E-state index is 13.2. The molecule has 1 aliphatic heterocycles. The zero-order chi connectivity index (χ0) is 15.6. The fraction of sp³-hybridized carbons (Fsp3) is 0.429. The molecule has 3 N–H and O–H groups in total. The van der Waals surface area contributed by atoms with Crippen LogP contribution in [0.2, 0.25) is 0 Å². The molecule has 0 unspecified atom stereocenters. The third-order valence-corrected chi connectivity index (χ3v) is 3.99. The van der Waals surface area contributed by atoms with E-state index in [1.807, 2.05) is 6.92 Å². The van der Waals surface area contributed by atoms with E-state index in [1.54, 1.807) is 0 Å². The van der Waals surface area contributed by atoms with Gasteiger partial charge in [-0.1, -0.05) is 12.1 Å². The number of piperidine rings is 1. The number of rotatable bonds is 2. The summed E-state index contributed by atoms with van der Waals surface area (Å²) in [6.45, 7) is 2.61. The van der Waals surface area contributed by atoms with Gasteiger partial charge in [-0.15, -0.1) is 0 Å². The van der Waals surface area contributed by atoms with Gasteiger partial charge in [-0.05, 0) is 25.0 Å². The van der Waals surface area contributed by atoms with Crippen molar-refractivity contribution in [2.45, 2.75) is 19.8 Å². The summed E-state index contributed by atoms with van der Waals surface area (Å²) in [5.74, 6) is -1.85. The van der Waals surface area contributed by atoms with E-state index in [-0.39, 0.29) is 11.4 Å². The van der Waals surface area contributed by atoms with Crippen molar-refractivity contribution in [3.8, 4) is 0 Å². The molecule has 114 valence electrons. The van der Waals surface area contributed by atoms with Crippen LogP contribution in [0, 0.1) is 17.0 Å². The number of hydrogen-bond acceptors (Lipinski definition) is 3. The first-order valence-electron chi connectivity index (χ1n) is 6.59. The van der Waals surface area contributed by atoms with Crippen molar-refractivity contribution in [3.05, 3.63) is 35.4 Å². The molecule has 1 fully saturated rings. The van der Waals surface area contributed by atoms with Crippen LogP contribution >= 0.6 is 0 Å². The highest BCUT2D eigenvalue weighted by atomic mass is 19.1. The van der Waals surface area contributed by atoms with Crippen LogP contribution in [-0.4, -0.2) is 34.9 Å². The molecule has 1 amide bonds. The highest BCUT2D eigenvalue weighted by Gasteiger charge is 2.35. The van der Waals surface area contributed by atoms with Gasteiger partial charge in [0.05, 0.1) is 0 Å². The van der Waals surface area contributed by atoms with Crippen LogP contribution in [0.15, 0.2) is 23.4 Å². The quantitative estimate of drug-likeness (QED) is 0.379. The van der Waals surface area contributed by atoms with Crippen molar-refractivity contribution in [1.29, 1.82) is 0 Å². The van der Waals surface area contributed by atoms with E-state index in [9.17, 15) is 13.6 Å². The van der Waals surface area contributed by atoms with E-state index in [2.05, 4.69) is 5.16 Å². The maximum Gasteiger partial charge on any atom is 0.254 e. The van der Waals surface area contributed by atoms with E-state index in [4.69, 9.17) is 10.9 Å². The topological polar surface area (TPSA) is 78.9 Å². The van der Waals surface area contributed by atoms with Crippen molar-refractivity contribution in [1.82, 2.24) is 4.90 Å². The second kappa shape index (κ2) is 5.67. The summed E-state index contributed by atoms with van der Waals surface area (Å²) in [5.41, 5.74) is 5.16. The van der Waals surface area contributed by atoms with Crippen molar-refractivity contribution >= 4 is 11.7 Å². The fourth-order valence-corrected chi connectivity index (χ4v) is 2.44. The Balaban J connectivity index is 2.10. The molecule has 0 aromatic heterocycles. The number of amidine groups is 1. The lowest BCUT2D eigenvalue weighted by molar-refractivity contribution is 0.0665. The standard InChI is InChI=1S/C14H17F2N3O2/c1-14(13(17)18-21)2-4-19(5-3-14)12(20)9-6-10(15)8-11(16)7-9/h6-8,21H,2-5H2,1H3,(H2,17,18). The highest BCUT2D eigenvalue weighted by molar-refractivity contribution is 5.94. The average molecular weight is 297 g/mol. The van der Waals surface area contributed by atoms with Crippen LogP contribution in [-0.2, 0) is 0 Å². The first-order valence-corrected chi connectivity index (χ1v) is 6.59. The zero-order valence-corrected chi connectivity index (χ0v) is 11.6. The maximum atomic E-state index is 13.2. The number of benzene rings is 1. The molecule has 5 nitrogen and oxygen atoms in total. The Bertz CT molecular complexity index is 561. The minimum Gasteiger partial charge on any atom is -0.409 e. The van der Waals surface area contributed by atoms with Gasteiger partial charge in [-0.2, -0.15) is 0 Å². The van der Waals surface area contributed by atoms with Crippen LogP contribution in [0.1, 0.15) is 30.1 Å². The first-order chi connectivity index (χ1) is 9.85. The number of halogens is 2. The number of nitrogens with zero attached hydrogens (tertiary/aromatic N) is 2. The van der Waals surface area contributed by atoms with Crippen LogP contribution in [0.25, 0.3) is 0 Å². The number of carbonyl (C=O) groups excluding carboxylic acids is 1. The lowest BCUT2D eigenvalue weighted by Crippen LogP contribution is -2.47. The van der Waals surface area contributed by atoms with Crippen molar-refractivity contribution in [2.24, 2.45) is 16.3 Å². The molecule has 0 bridgehead atoms. The molecule has 0 aliphatic carbocycles. The lowest BCUT2D eigenvalue weighted by atomic mass is 9.79. The van der Waals surface area contributed by atoms with Crippen LogP contribution in [0.4, 0.5) is 8.78 Å². The predicted octanol–water partition coefficient (Wildman–Crippen LogP) is 1.95. The van der Waals surface area contributed by atoms with Crippen molar-refractivity contribution in [2.75, 3.05) is 13.1 Å². The van der Waals surface area contributed by atoms with Gasteiger partial charge in [0.25, 0.3) is 5.91 Å². The Hall–Kier alpha value is -2.18. The van der Waals surface area contributed by atoms with E-state index >= 15 is 0 Å². The smallest absolute Gasteiger partial charge is 0.254 e. The second-order valence-electron chi connectivity index (χ2n) is 5.50. The van der Waals surface area contributed by atoms with Gasteiger partial charge in [0.2, 0.25) is 0 Å². The number of hydrogen-bond donors (Lipinski definition) is 2. The summed E-state index contributed by atoms with van der Waals surface area (Å²) in [6.07, 6.45) is 1.04. The SMILES string of the molecule is CC1(/C(N)=N/O)CCN(C(=O)c2cc(F)cc(F)c2)CC1. The minimum absolute atomic E-state index is 0.0140. The van der Waals surface area contributed by atoms with Crippen LogP contribution < -0.4 is 5.73 Å². The van der Waals surface area contributed by atoms with Gasteiger partial charge in [-0.25, -0.2) is 8.78 Å². The molecule has 1 aromatic rings. The Kier molecular flexibility index (Phi) is 4.11. The minimum atomic E-state index is -0.781. The summed E-state index contributed by atoms with van der Waals surface area (Å²) in [6, 6.07) is 2.76. The molecule has 1 aromatic carbocycles. The molecule has 1 saturated heterocycles.